The molecule has 116 valence electrons. The van der Waals surface area contributed by atoms with Gasteiger partial charge in [-0.2, -0.15) is 0 Å². The lowest BCUT2D eigenvalue weighted by Gasteiger charge is -2.30. The summed E-state index contributed by atoms with van der Waals surface area (Å²) in [7, 11) is 0. The molecule has 1 aliphatic rings. The maximum absolute atomic E-state index is 12.8. The summed E-state index contributed by atoms with van der Waals surface area (Å²) in [5.41, 5.74) is 0. The van der Waals surface area contributed by atoms with Gasteiger partial charge >= 0.3 is 5.97 Å². The van der Waals surface area contributed by atoms with Gasteiger partial charge in [-0.05, 0) is 44.1 Å². The Labute approximate surface area is 129 Å². The van der Waals surface area contributed by atoms with Crippen LogP contribution in [0.2, 0.25) is 0 Å². The largest absolute Gasteiger partial charge is 0.481 e. The SMILES string of the molecule is CC1C[C@H](C(=O)N(Cc2cccs2)C(C)C)[C@H](C(=O)O)C1. The van der Waals surface area contributed by atoms with E-state index in [2.05, 4.69) is 0 Å². The molecule has 1 unspecified atom stereocenters. The van der Waals surface area contributed by atoms with Crippen LogP contribution in [0.3, 0.4) is 0 Å². The highest BCUT2D eigenvalue weighted by Crippen LogP contribution is 2.38. The standard InChI is InChI=1S/C16H23NO3S/c1-10(2)17(9-12-5-4-6-21-12)15(18)13-7-11(3)8-14(13)16(19)20/h4-6,10-11,13-14H,7-9H2,1-3H3,(H,19,20)/t11?,13-,14+/m0/s1. The van der Waals surface area contributed by atoms with Crippen LogP contribution in [0.5, 0.6) is 0 Å². The first-order valence-corrected chi connectivity index (χ1v) is 8.33. The van der Waals surface area contributed by atoms with Crippen molar-refractivity contribution in [3.63, 3.8) is 0 Å². The van der Waals surface area contributed by atoms with E-state index in [9.17, 15) is 14.7 Å². The van der Waals surface area contributed by atoms with Crippen LogP contribution in [0, 0.1) is 17.8 Å². The summed E-state index contributed by atoms with van der Waals surface area (Å²) in [6.45, 7) is 6.58. The number of hydrogen-bond acceptors (Lipinski definition) is 3. The van der Waals surface area contributed by atoms with Crippen LogP contribution in [0.1, 0.15) is 38.5 Å². The number of nitrogens with zero attached hydrogens (tertiary/aromatic N) is 1. The van der Waals surface area contributed by atoms with Crippen molar-refractivity contribution in [3.05, 3.63) is 22.4 Å². The van der Waals surface area contributed by atoms with Gasteiger partial charge in [-0.15, -0.1) is 11.3 Å². The Kier molecular flexibility index (Phi) is 5.04. The summed E-state index contributed by atoms with van der Waals surface area (Å²) in [6, 6.07) is 4.06. The minimum absolute atomic E-state index is 0.00449. The number of carboxylic acid groups (broad SMARTS) is 1. The lowest BCUT2D eigenvalue weighted by Crippen LogP contribution is -2.42. The molecule has 1 saturated carbocycles. The summed E-state index contributed by atoms with van der Waals surface area (Å²) in [6.07, 6.45) is 1.29. The second kappa shape index (κ2) is 6.60. The zero-order valence-electron chi connectivity index (χ0n) is 12.8. The molecule has 1 aliphatic carbocycles. The molecule has 21 heavy (non-hydrogen) atoms. The average Bonchev–Trinajstić information content (AvgIpc) is 3.03. The molecule has 0 aliphatic heterocycles. The van der Waals surface area contributed by atoms with E-state index < -0.39 is 11.9 Å². The van der Waals surface area contributed by atoms with E-state index in [0.29, 0.717) is 25.3 Å². The first-order chi connectivity index (χ1) is 9.90. The van der Waals surface area contributed by atoms with Crippen LogP contribution < -0.4 is 0 Å². The molecule has 0 radical (unpaired) electrons. The summed E-state index contributed by atoms with van der Waals surface area (Å²) in [5.74, 6) is -1.44. The van der Waals surface area contributed by atoms with Crippen molar-refractivity contribution in [2.24, 2.45) is 17.8 Å². The van der Waals surface area contributed by atoms with Gasteiger partial charge in [0.25, 0.3) is 0 Å². The van der Waals surface area contributed by atoms with E-state index in [1.165, 1.54) is 0 Å². The van der Waals surface area contributed by atoms with Gasteiger partial charge in [0.15, 0.2) is 0 Å². The third-order valence-electron chi connectivity index (χ3n) is 4.25. The molecular formula is C16H23NO3S. The Morgan fingerprint density at radius 3 is 2.57 bits per heavy atom. The monoisotopic (exact) mass is 309 g/mol. The van der Waals surface area contributed by atoms with Crippen molar-refractivity contribution in [3.8, 4) is 0 Å². The number of carboxylic acids is 1. The molecule has 2 rings (SSSR count). The lowest BCUT2D eigenvalue weighted by molar-refractivity contribution is -0.150. The van der Waals surface area contributed by atoms with E-state index in [1.807, 2.05) is 43.2 Å². The summed E-state index contributed by atoms with van der Waals surface area (Å²) in [5, 5.41) is 11.4. The second-order valence-corrected chi connectivity index (χ2v) is 7.30. The van der Waals surface area contributed by atoms with Crippen LogP contribution in [-0.2, 0) is 16.1 Å². The van der Waals surface area contributed by atoms with E-state index in [0.717, 1.165) is 4.88 Å². The molecule has 5 heteroatoms. The van der Waals surface area contributed by atoms with Crippen LogP contribution >= 0.6 is 11.3 Å². The number of thiophene rings is 1. The molecule has 1 heterocycles. The Morgan fingerprint density at radius 1 is 1.38 bits per heavy atom. The number of rotatable bonds is 5. The van der Waals surface area contributed by atoms with Crippen molar-refractivity contribution in [2.75, 3.05) is 0 Å². The Morgan fingerprint density at radius 2 is 2.05 bits per heavy atom. The highest BCUT2D eigenvalue weighted by molar-refractivity contribution is 7.09. The zero-order valence-corrected chi connectivity index (χ0v) is 13.6. The molecule has 0 bridgehead atoms. The van der Waals surface area contributed by atoms with Crippen molar-refractivity contribution in [2.45, 2.75) is 46.2 Å². The Balaban J connectivity index is 2.16. The molecule has 0 saturated heterocycles. The van der Waals surface area contributed by atoms with Gasteiger partial charge in [-0.1, -0.05) is 13.0 Å². The number of amides is 1. The Hall–Kier alpha value is -1.36. The van der Waals surface area contributed by atoms with Gasteiger partial charge in [0.2, 0.25) is 5.91 Å². The van der Waals surface area contributed by atoms with Crippen LogP contribution in [0.25, 0.3) is 0 Å². The maximum atomic E-state index is 12.8. The van der Waals surface area contributed by atoms with Gasteiger partial charge in [0.1, 0.15) is 0 Å². The number of carbonyl (C=O) groups excluding carboxylic acids is 1. The maximum Gasteiger partial charge on any atom is 0.307 e. The smallest absolute Gasteiger partial charge is 0.307 e. The summed E-state index contributed by atoms with van der Waals surface area (Å²) in [4.78, 5) is 27.2. The van der Waals surface area contributed by atoms with Crippen molar-refractivity contribution in [1.29, 1.82) is 0 Å². The zero-order chi connectivity index (χ0) is 15.6. The Bertz CT molecular complexity index is 498. The first-order valence-electron chi connectivity index (χ1n) is 7.45. The first kappa shape index (κ1) is 16.0. The molecule has 1 N–H and O–H groups in total. The topological polar surface area (TPSA) is 57.6 Å². The molecule has 4 nitrogen and oxygen atoms in total. The highest BCUT2D eigenvalue weighted by Gasteiger charge is 2.43. The normalized spacial score (nSPS) is 25.2. The van der Waals surface area contributed by atoms with Gasteiger partial charge in [-0.25, -0.2) is 0 Å². The van der Waals surface area contributed by atoms with E-state index in [4.69, 9.17) is 0 Å². The predicted molar refractivity (Wildman–Crippen MR) is 83.0 cm³/mol. The van der Waals surface area contributed by atoms with E-state index >= 15 is 0 Å². The number of hydrogen-bond donors (Lipinski definition) is 1. The molecule has 1 amide bonds. The lowest BCUT2D eigenvalue weighted by atomic mass is 9.94. The quantitative estimate of drug-likeness (QED) is 0.908. The van der Waals surface area contributed by atoms with Gasteiger partial charge in [-0.3, -0.25) is 9.59 Å². The molecular weight excluding hydrogens is 286 g/mol. The van der Waals surface area contributed by atoms with E-state index in [1.54, 1.807) is 11.3 Å². The molecule has 3 atom stereocenters. The van der Waals surface area contributed by atoms with Gasteiger partial charge in [0.05, 0.1) is 18.4 Å². The van der Waals surface area contributed by atoms with Crippen molar-refractivity contribution in [1.82, 2.24) is 4.90 Å². The minimum atomic E-state index is -0.836. The predicted octanol–water partition coefficient (Wildman–Crippen LogP) is 3.23. The molecule has 1 fully saturated rings. The van der Waals surface area contributed by atoms with Crippen LogP contribution in [0.15, 0.2) is 17.5 Å². The van der Waals surface area contributed by atoms with Crippen molar-refractivity contribution < 1.29 is 14.7 Å². The number of carbonyl (C=O) groups is 2. The average molecular weight is 309 g/mol. The fraction of sp³-hybridized carbons (Fsp3) is 0.625. The highest BCUT2D eigenvalue weighted by atomic mass is 32.1. The molecule has 0 aromatic carbocycles. The minimum Gasteiger partial charge on any atom is -0.481 e. The van der Waals surface area contributed by atoms with Crippen LogP contribution in [0.4, 0.5) is 0 Å². The molecule has 1 aromatic rings. The summed E-state index contributed by atoms with van der Waals surface area (Å²) >= 11 is 1.63. The van der Waals surface area contributed by atoms with Crippen LogP contribution in [-0.4, -0.2) is 27.9 Å². The van der Waals surface area contributed by atoms with E-state index in [-0.39, 0.29) is 17.9 Å². The second-order valence-electron chi connectivity index (χ2n) is 6.27. The van der Waals surface area contributed by atoms with Crippen molar-refractivity contribution >= 4 is 23.2 Å². The third-order valence-corrected chi connectivity index (χ3v) is 5.11. The summed E-state index contributed by atoms with van der Waals surface area (Å²) < 4.78 is 0. The fourth-order valence-electron chi connectivity index (χ4n) is 3.14. The van der Waals surface area contributed by atoms with Gasteiger partial charge in [0, 0.05) is 10.9 Å². The molecule has 1 aromatic heterocycles. The molecule has 0 spiro atoms. The fourth-order valence-corrected chi connectivity index (χ4v) is 3.84. The number of aliphatic carboxylic acids is 1. The third kappa shape index (κ3) is 3.64. The van der Waals surface area contributed by atoms with Gasteiger partial charge < -0.3 is 10.0 Å².